The number of halogens is 2. The number of hydrogen-bond acceptors (Lipinski definition) is 1. The summed E-state index contributed by atoms with van der Waals surface area (Å²) in [6.07, 6.45) is 2.10. The number of aromatic nitrogens is 2. The molecule has 3 aromatic carbocycles. The van der Waals surface area contributed by atoms with Gasteiger partial charge in [0.05, 0.1) is 34.7 Å². The lowest BCUT2D eigenvalue weighted by molar-refractivity contribution is 0.579. The number of para-hydroxylation sites is 3. The first kappa shape index (κ1) is 16.6. The summed E-state index contributed by atoms with van der Waals surface area (Å²) in [5, 5.41) is 2.20. The monoisotopic (exact) mass is 370 g/mol. The Labute approximate surface area is 160 Å². The summed E-state index contributed by atoms with van der Waals surface area (Å²) in [4.78, 5) is 3.63. The molecule has 0 saturated carbocycles. The van der Waals surface area contributed by atoms with Crippen molar-refractivity contribution in [2.24, 2.45) is 0 Å². The highest BCUT2D eigenvalue weighted by Crippen LogP contribution is 2.38. The molecule has 28 heavy (non-hydrogen) atoms. The van der Waals surface area contributed by atoms with Crippen LogP contribution in [0.1, 0.15) is 5.56 Å². The summed E-state index contributed by atoms with van der Waals surface area (Å²) in [7, 11) is 0. The highest BCUT2D eigenvalue weighted by atomic mass is 19.1. The van der Waals surface area contributed by atoms with Crippen molar-refractivity contribution in [2.75, 3.05) is 0 Å². The van der Waals surface area contributed by atoms with Gasteiger partial charge in [0.1, 0.15) is 0 Å². The Morgan fingerprint density at radius 1 is 0.714 bits per heavy atom. The maximum Gasteiger partial charge on any atom is 0.152 e. The Morgan fingerprint density at radius 3 is 1.89 bits per heavy atom. The predicted molar refractivity (Wildman–Crippen MR) is 109 cm³/mol. The molecule has 2 heterocycles. The van der Waals surface area contributed by atoms with Crippen molar-refractivity contribution in [3.63, 3.8) is 0 Å². The predicted octanol–water partition coefficient (Wildman–Crippen LogP) is 6.43. The van der Waals surface area contributed by atoms with Crippen molar-refractivity contribution < 1.29 is 8.78 Å². The number of pyridine rings is 1. The minimum atomic E-state index is -0.674. The van der Waals surface area contributed by atoms with Crippen LogP contribution in [0.4, 0.5) is 8.78 Å². The molecule has 0 radical (unpaired) electrons. The molecule has 0 fully saturated rings. The van der Waals surface area contributed by atoms with Crippen LogP contribution in [0, 0.1) is 18.6 Å². The van der Waals surface area contributed by atoms with Crippen molar-refractivity contribution in [1.29, 1.82) is 0 Å². The van der Waals surface area contributed by atoms with Crippen molar-refractivity contribution in [3.8, 4) is 16.8 Å². The second-order valence-electron chi connectivity index (χ2n) is 6.82. The first-order chi connectivity index (χ1) is 13.7. The molecule has 0 aliphatic carbocycles. The van der Waals surface area contributed by atoms with Crippen molar-refractivity contribution in [3.05, 3.63) is 96.3 Å². The average Bonchev–Trinajstić information content (AvgIpc) is 3.03. The lowest BCUT2D eigenvalue weighted by Gasteiger charge is -2.17. The molecule has 5 aromatic rings. The Morgan fingerprint density at radius 2 is 1.29 bits per heavy atom. The van der Waals surface area contributed by atoms with Gasteiger partial charge in [0.25, 0.3) is 0 Å². The Balaban J connectivity index is 1.97. The number of benzene rings is 3. The zero-order valence-corrected chi connectivity index (χ0v) is 15.2. The lowest BCUT2D eigenvalue weighted by atomic mass is 10.00. The van der Waals surface area contributed by atoms with Crippen LogP contribution in [0.25, 0.3) is 38.6 Å². The molecule has 2 aromatic heterocycles. The second kappa shape index (κ2) is 6.27. The molecule has 0 spiro atoms. The van der Waals surface area contributed by atoms with E-state index in [2.05, 4.69) is 21.7 Å². The van der Waals surface area contributed by atoms with E-state index in [1.165, 1.54) is 0 Å². The molecule has 4 heteroatoms. The fourth-order valence-corrected chi connectivity index (χ4v) is 3.99. The zero-order valence-electron chi connectivity index (χ0n) is 15.2. The highest BCUT2D eigenvalue weighted by molar-refractivity contribution is 6.09. The molecule has 0 atom stereocenters. The van der Waals surface area contributed by atoms with Crippen LogP contribution in [0.5, 0.6) is 0 Å². The largest absolute Gasteiger partial charge is 0.308 e. The normalized spacial score (nSPS) is 11.4. The first-order valence-corrected chi connectivity index (χ1v) is 9.04. The standard InChI is InChI=1S/C24H16F2N2/c1-15-7-6-10-18(23-19(25)13-27-14-20(23)26)24(15)28-21-11-4-2-8-16(21)17-9-3-5-12-22(17)28/h2-14H,1H3. The van der Waals surface area contributed by atoms with Gasteiger partial charge in [0, 0.05) is 16.3 Å². The SMILES string of the molecule is Cc1cccc(-c2c(F)cncc2F)c1-n1c2ccccc2c2ccccc21. The van der Waals surface area contributed by atoms with Crippen LogP contribution in [-0.4, -0.2) is 9.55 Å². The third kappa shape index (κ3) is 2.34. The van der Waals surface area contributed by atoms with Gasteiger partial charge < -0.3 is 4.57 Å². The van der Waals surface area contributed by atoms with Gasteiger partial charge in [0.2, 0.25) is 0 Å². The van der Waals surface area contributed by atoms with Gasteiger partial charge in [-0.2, -0.15) is 0 Å². The fourth-order valence-electron chi connectivity index (χ4n) is 3.99. The van der Waals surface area contributed by atoms with Crippen LogP contribution in [0.3, 0.4) is 0 Å². The Bertz CT molecular complexity index is 1280. The van der Waals surface area contributed by atoms with Crippen molar-refractivity contribution in [1.82, 2.24) is 9.55 Å². The number of nitrogens with zero attached hydrogens (tertiary/aromatic N) is 2. The number of aryl methyl sites for hydroxylation is 1. The van der Waals surface area contributed by atoms with E-state index in [0.29, 0.717) is 5.56 Å². The number of fused-ring (bicyclic) bond motifs is 3. The fraction of sp³-hybridized carbons (Fsp3) is 0.0417. The molecule has 5 rings (SSSR count). The van der Waals surface area contributed by atoms with E-state index in [1.807, 2.05) is 55.5 Å². The molecule has 136 valence electrons. The van der Waals surface area contributed by atoms with E-state index >= 15 is 0 Å². The summed E-state index contributed by atoms with van der Waals surface area (Å²) >= 11 is 0. The first-order valence-electron chi connectivity index (χ1n) is 9.04. The smallest absolute Gasteiger partial charge is 0.152 e. The van der Waals surface area contributed by atoms with Crippen LogP contribution in [0.2, 0.25) is 0 Å². The quantitative estimate of drug-likeness (QED) is 0.350. The van der Waals surface area contributed by atoms with Gasteiger partial charge in [-0.3, -0.25) is 4.98 Å². The maximum atomic E-state index is 14.6. The van der Waals surface area contributed by atoms with Gasteiger partial charge in [-0.25, -0.2) is 8.78 Å². The summed E-state index contributed by atoms with van der Waals surface area (Å²) in [6, 6.07) is 21.7. The summed E-state index contributed by atoms with van der Waals surface area (Å²) in [6.45, 7) is 1.96. The molecular formula is C24H16F2N2. The van der Waals surface area contributed by atoms with Crippen LogP contribution >= 0.6 is 0 Å². The lowest BCUT2D eigenvalue weighted by Crippen LogP contribution is -2.02. The van der Waals surface area contributed by atoms with E-state index in [1.54, 1.807) is 6.07 Å². The molecular weight excluding hydrogens is 354 g/mol. The van der Waals surface area contributed by atoms with E-state index in [4.69, 9.17) is 0 Å². The van der Waals surface area contributed by atoms with Gasteiger partial charge in [-0.05, 0) is 24.6 Å². The number of hydrogen-bond donors (Lipinski definition) is 0. The zero-order chi connectivity index (χ0) is 19.3. The molecule has 0 saturated heterocycles. The van der Waals surface area contributed by atoms with E-state index < -0.39 is 11.6 Å². The molecule has 0 aliphatic rings. The van der Waals surface area contributed by atoms with Crippen LogP contribution < -0.4 is 0 Å². The third-order valence-corrected chi connectivity index (χ3v) is 5.16. The summed E-state index contributed by atoms with van der Waals surface area (Å²) in [5.41, 5.74) is 4.13. The van der Waals surface area contributed by atoms with Crippen LogP contribution in [0.15, 0.2) is 79.1 Å². The van der Waals surface area contributed by atoms with Crippen molar-refractivity contribution in [2.45, 2.75) is 6.92 Å². The molecule has 0 amide bonds. The van der Waals surface area contributed by atoms with Gasteiger partial charge in [-0.1, -0.05) is 54.6 Å². The van der Waals surface area contributed by atoms with E-state index in [9.17, 15) is 8.78 Å². The van der Waals surface area contributed by atoms with Gasteiger partial charge in [0.15, 0.2) is 11.6 Å². The van der Waals surface area contributed by atoms with E-state index in [-0.39, 0.29) is 5.56 Å². The maximum absolute atomic E-state index is 14.6. The molecule has 0 aliphatic heterocycles. The second-order valence-corrected chi connectivity index (χ2v) is 6.82. The Hall–Kier alpha value is -3.53. The molecule has 2 nitrogen and oxygen atoms in total. The van der Waals surface area contributed by atoms with Crippen molar-refractivity contribution >= 4 is 21.8 Å². The van der Waals surface area contributed by atoms with Gasteiger partial charge in [-0.15, -0.1) is 0 Å². The number of rotatable bonds is 2. The Kier molecular flexibility index (Phi) is 3.72. The minimum Gasteiger partial charge on any atom is -0.308 e. The minimum absolute atomic E-state index is 0.0597. The summed E-state index contributed by atoms with van der Waals surface area (Å²) < 4.78 is 31.3. The molecule has 0 bridgehead atoms. The van der Waals surface area contributed by atoms with Crippen LogP contribution in [-0.2, 0) is 0 Å². The summed E-state index contributed by atoms with van der Waals surface area (Å²) in [5.74, 6) is -1.35. The topological polar surface area (TPSA) is 17.8 Å². The third-order valence-electron chi connectivity index (χ3n) is 5.16. The average molecular weight is 370 g/mol. The molecule has 0 unspecified atom stereocenters. The highest BCUT2D eigenvalue weighted by Gasteiger charge is 2.20. The van der Waals surface area contributed by atoms with Gasteiger partial charge >= 0.3 is 0 Å². The molecule has 0 N–H and O–H groups in total. The van der Waals surface area contributed by atoms with E-state index in [0.717, 1.165) is 45.5 Å².